The lowest BCUT2D eigenvalue weighted by molar-refractivity contribution is 0.323. The molecule has 0 fully saturated rings. The molecule has 1 aromatic rings. The number of hydrogen-bond donors (Lipinski definition) is 0. The predicted octanol–water partition coefficient (Wildman–Crippen LogP) is 2.94. The minimum Gasteiger partial charge on any atom is -0.492 e. The van der Waals surface area contributed by atoms with Crippen LogP contribution in [-0.4, -0.2) is 13.2 Å². The van der Waals surface area contributed by atoms with E-state index >= 15 is 0 Å². The first-order valence-corrected chi connectivity index (χ1v) is 4.63. The van der Waals surface area contributed by atoms with Crippen LogP contribution in [0.1, 0.15) is 13.8 Å². The van der Waals surface area contributed by atoms with Crippen molar-refractivity contribution in [3.8, 4) is 11.5 Å². The summed E-state index contributed by atoms with van der Waals surface area (Å²) in [5.41, 5.74) is 0. The molecule has 71 valence electrons. The summed E-state index contributed by atoms with van der Waals surface area (Å²) in [7, 11) is 0. The third-order valence-electron chi connectivity index (χ3n) is 1.45. The maximum Gasteiger partial charge on any atom is 0.149 e. The molecule has 13 heavy (non-hydrogen) atoms. The number of halogens is 1. The Labute approximate surface area is 83.4 Å². The Bertz CT molecular complexity index is 249. The molecule has 1 radical (unpaired) electrons. The zero-order valence-electron chi connectivity index (χ0n) is 7.76. The van der Waals surface area contributed by atoms with Crippen LogP contribution in [0.5, 0.6) is 11.5 Å². The summed E-state index contributed by atoms with van der Waals surface area (Å²) in [5.74, 6) is 1.20. The fourth-order valence-electron chi connectivity index (χ4n) is 0.958. The van der Waals surface area contributed by atoms with Crippen molar-refractivity contribution in [1.82, 2.24) is 0 Å². The Morgan fingerprint density at radius 1 is 1.31 bits per heavy atom. The summed E-state index contributed by atoms with van der Waals surface area (Å²) in [4.78, 5) is 0. The van der Waals surface area contributed by atoms with Gasteiger partial charge >= 0.3 is 0 Å². The highest BCUT2D eigenvalue weighted by Gasteiger charge is 2.06. The van der Waals surface area contributed by atoms with Gasteiger partial charge in [0.2, 0.25) is 0 Å². The van der Waals surface area contributed by atoms with E-state index < -0.39 is 0 Å². The molecule has 0 amide bonds. The standard InChI is InChI=1S/C10H12ClO2/c1-3-12-8-6-5-7-9(10(8)11)13-4-2/h5-6H,3-4H2,1-2H3. The lowest BCUT2D eigenvalue weighted by Crippen LogP contribution is -1.96. The third kappa shape index (κ3) is 2.52. The highest BCUT2D eigenvalue weighted by atomic mass is 35.5. The van der Waals surface area contributed by atoms with Gasteiger partial charge in [-0.2, -0.15) is 0 Å². The molecular formula is C10H12ClO2. The Kier molecular flexibility index (Phi) is 3.90. The lowest BCUT2D eigenvalue weighted by atomic mass is 10.3. The summed E-state index contributed by atoms with van der Waals surface area (Å²) in [5, 5.41) is 0.492. The fourth-order valence-corrected chi connectivity index (χ4v) is 1.18. The zero-order chi connectivity index (χ0) is 9.68. The molecule has 0 aliphatic carbocycles. The van der Waals surface area contributed by atoms with Gasteiger partial charge in [0.15, 0.2) is 0 Å². The summed E-state index contributed by atoms with van der Waals surface area (Å²) in [6.07, 6.45) is 0. The predicted molar refractivity (Wildman–Crippen MR) is 52.6 cm³/mol. The van der Waals surface area contributed by atoms with Crippen LogP contribution in [0.25, 0.3) is 0 Å². The molecule has 0 bridgehead atoms. The second-order valence-electron chi connectivity index (χ2n) is 2.35. The van der Waals surface area contributed by atoms with Crippen LogP contribution in [0.15, 0.2) is 12.1 Å². The summed E-state index contributed by atoms with van der Waals surface area (Å²) in [6, 6.07) is 6.41. The second-order valence-corrected chi connectivity index (χ2v) is 2.73. The molecule has 0 spiro atoms. The third-order valence-corrected chi connectivity index (χ3v) is 1.81. The Morgan fingerprint density at radius 2 is 2.00 bits per heavy atom. The van der Waals surface area contributed by atoms with E-state index in [0.29, 0.717) is 29.7 Å². The van der Waals surface area contributed by atoms with Gasteiger partial charge in [-0.15, -0.1) is 0 Å². The van der Waals surface area contributed by atoms with Gasteiger partial charge in [0.25, 0.3) is 0 Å². The summed E-state index contributed by atoms with van der Waals surface area (Å²) < 4.78 is 10.5. The van der Waals surface area contributed by atoms with Gasteiger partial charge in [-0.3, -0.25) is 0 Å². The van der Waals surface area contributed by atoms with Crippen molar-refractivity contribution < 1.29 is 9.47 Å². The van der Waals surface area contributed by atoms with E-state index in [2.05, 4.69) is 6.07 Å². The van der Waals surface area contributed by atoms with Crippen molar-refractivity contribution in [1.29, 1.82) is 0 Å². The van der Waals surface area contributed by atoms with Crippen LogP contribution >= 0.6 is 11.6 Å². The minimum absolute atomic E-state index is 0.492. The second kappa shape index (κ2) is 4.97. The molecular weight excluding hydrogens is 188 g/mol. The van der Waals surface area contributed by atoms with Crippen molar-refractivity contribution in [2.75, 3.05) is 13.2 Å². The van der Waals surface area contributed by atoms with Crippen LogP contribution in [0.3, 0.4) is 0 Å². The van der Waals surface area contributed by atoms with Gasteiger partial charge in [-0.25, -0.2) is 0 Å². The monoisotopic (exact) mass is 199 g/mol. The topological polar surface area (TPSA) is 18.5 Å². The lowest BCUT2D eigenvalue weighted by Gasteiger charge is -2.09. The molecule has 0 aromatic heterocycles. The Morgan fingerprint density at radius 3 is 2.62 bits per heavy atom. The Balaban J connectivity index is 2.89. The Hall–Kier alpha value is -0.890. The van der Waals surface area contributed by atoms with Gasteiger partial charge in [-0.1, -0.05) is 11.6 Å². The van der Waals surface area contributed by atoms with Crippen LogP contribution in [0.2, 0.25) is 5.02 Å². The maximum absolute atomic E-state index is 5.99. The largest absolute Gasteiger partial charge is 0.492 e. The van der Waals surface area contributed by atoms with Crippen molar-refractivity contribution in [2.24, 2.45) is 0 Å². The van der Waals surface area contributed by atoms with E-state index in [1.54, 1.807) is 12.1 Å². The SMILES string of the molecule is CCOc1[c]ccc(OCC)c1Cl. The average Bonchev–Trinajstić information content (AvgIpc) is 2.13. The van der Waals surface area contributed by atoms with Crippen molar-refractivity contribution in [2.45, 2.75) is 13.8 Å². The van der Waals surface area contributed by atoms with Crippen molar-refractivity contribution >= 4 is 11.6 Å². The van der Waals surface area contributed by atoms with E-state index in [-0.39, 0.29) is 0 Å². The highest BCUT2D eigenvalue weighted by molar-refractivity contribution is 6.33. The first kappa shape index (κ1) is 10.2. The molecule has 0 atom stereocenters. The quantitative estimate of drug-likeness (QED) is 0.743. The first-order valence-electron chi connectivity index (χ1n) is 4.25. The highest BCUT2D eigenvalue weighted by Crippen LogP contribution is 2.33. The van der Waals surface area contributed by atoms with E-state index in [9.17, 15) is 0 Å². The van der Waals surface area contributed by atoms with Crippen LogP contribution in [0.4, 0.5) is 0 Å². The van der Waals surface area contributed by atoms with Gasteiger partial charge < -0.3 is 9.47 Å². The number of hydrogen-bond acceptors (Lipinski definition) is 2. The average molecular weight is 200 g/mol. The molecule has 1 aromatic carbocycles. The molecule has 1 rings (SSSR count). The van der Waals surface area contributed by atoms with Gasteiger partial charge in [0.1, 0.15) is 16.5 Å². The van der Waals surface area contributed by atoms with Gasteiger partial charge in [0.05, 0.1) is 13.2 Å². The smallest absolute Gasteiger partial charge is 0.149 e. The first-order chi connectivity index (χ1) is 6.29. The zero-order valence-corrected chi connectivity index (χ0v) is 8.52. The minimum atomic E-state index is 0.492. The molecule has 0 saturated heterocycles. The number of rotatable bonds is 4. The summed E-state index contributed by atoms with van der Waals surface area (Å²) in [6.45, 7) is 4.98. The molecule has 2 nitrogen and oxygen atoms in total. The number of benzene rings is 1. The molecule has 0 aliphatic rings. The van der Waals surface area contributed by atoms with Gasteiger partial charge in [0, 0.05) is 6.07 Å². The van der Waals surface area contributed by atoms with Crippen molar-refractivity contribution in [3.05, 3.63) is 23.2 Å². The van der Waals surface area contributed by atoms with E-state index in [4.69, 9.17) is 21.1 Å². The molecule has 0 aliphatic heterocycles. The normalized spacial score (nSPS) is 9.77. The van der Waals surface area contributed by atoms with E-state index in [0.717, 1.165) is 0 Å². The molecule has 3 heteroatoms. The fraction of sp³-hybridized carbons (Fsp3) is 0.400. The van der Waals surface area contributed by atoms with Crippen LogP contribution < -0.4 is 9.47 Å². The van der Waals surface area contributed by atoms with Gasteiger partial charge in [-0.05, 0) is 26.0 Å². The van der Waals surface area contributed by atoms with E-state index in [1.807, 2.05) is 13.8 Å². The molecule has 0 unspecified atom stereocenters. The van der Waals surface area contributed by atoms with Crippen molar-refractivity contribution in [3.63, 3.8) is 0 Å². The maximum atomic E-state index is 5.99. The van der Waals surface area contributed by atoms with Crippen LogP contribution in [-0.2, 0) is 0 Å². The molecule has 0 saturated carbocycles. The van der Waals surface area contributed by atoms with E-state index in [1.165, 1.54) is 0 Å². The number of ether oxygens (including phenoxy) is 2. The molecule has 0 heterocycles. The molecule has 0 N–H and O–H groups in total. The summed E-state index contributed by atoms with van der Waals surface area (Å²) >= 11 is 5.99. The van der Waals surface area contributed by atoms with Crippen LogP contribution in [0, 0.1) is 6.07 Å².